The van der Waals surface area contributed by atoms with Gasteiger partial charge in [0.25, 0.3) is 0 Å². The first-order chi connectivity index (χ1) is 14.8. The molecule has 0 fully saturated rings. The largest absolute Gasteiger partial charge is 2.00 e. The van der Waals surface area contributed by atoms with Crippen LogP contribution in [0.15, 0.2) is 30.3 Å². The van der Waals surface area contributed by atoms with Gasteiger partial charge in [-0.2, -0.15) is 0 Å². The molecule has 0 bridgehead atoms. The Morgan fingerprint density at radius 1 is 0.719 bits per heavy atom. The number of aliphatic carboxylic acids is 2. The minimum Gasteiger partial charge on any atom is -0.550 e. The number of hydrogen-bond donors (Lipinski definition) is 2. The average Bonchev–Trinajstić information content (AvgIpc) is 2.76. The van der Waals surface area contributed by atoms with E-state index in [2.05, 4.69) is 52.0 Å². The van der Waals surface area contributed by atoms with E-state index in [9.17, 15) is 19.8 Å². The van der Waals surface area contributed by atoms with Crippen LogP contribution in [0.25, 0.3) is 0 Å². The quantitative estimate of drug-likeness (QED) is 0.168. The molecule has 0 saturated heterocycles. The molecule has 0 saturated carbocycles. The van der Waals surface area contributed by atoms with Gasteiger partial charge < -0.3 is 19.8 Å². The van der Waals surface area contributed by atoms with Crippen LogP contribution in [0.5, 0.6) is 0 Å². The number of unbranched alkanes of at least 4 members (excludes halogenated alkanes) is 8. The Bertz CT molecular complexity index is 470. The molecule has 0 aliphatic carbocycles. The van der Waals surface area contributed by atoms with Crippen molar-refractivity contribution in [2.45, 2.75) is 111 Å². The van der Waals surface area contributed by atoms with E-state index in [1.54, 1.807) is 0 Å². The van der Waals surface area contributed by atoms with E-state index in [1.165, 1.54) is 31.2 Å². The van der Waals surface area contributed by atoms with E-state index in [1.807, 2.05) is 6.07 Å². The predicted octanol–water partition coefficient (Wildman–Crippen LogP) is 5.02. The second-order valence-corrected chi connectivity index (χ2v) is 7.64. The van der Waals surface area contributed by atoms with Crippen LogP contribution in [0, 0.1) is 0 Å². The van der Waals surface area contributed by atoms with Crippen molar-refractivity contribution in [1.29, 1.82) is 0 Å². The molecule has 0 aliphatic rings. The zero-order chi connectivity index (χ0) is 24.3. The molecule has 6 nitrogen and oxygen atoms in total. The Hall–Kier alpha value is -1.30. The summed E-state index contributed by atoms with van der Waals surface area (Å²) in [5.74, 6) is -1.18. The normalized spacial score (nSPS) is 9.09. The molecule has 7 heteroatoms. The Labute approximate surface area is 208 Å². The van der Waals surface area contributed by atoms with Crippen LogP contribution < -0.4 is 10.2 Å². The second-order valence-electron chi connectivity index (χ2n) is 7.64. The van der Waals surface area contributed by atoms with Gasteiger partial charge in [-0.15, -0.1) is 0 Å². The van der Waals surface area contributed by atoms with E-state index in [-0.39, 0.29) is 32.3 Å². The third-order valence-electron chi connectivity index (χ3n) is 4.44. The molecule has 1 rings (SSSR count). The third-order valence-corrected chi connectivity index (χ3v) is 4.44. The van der Waals surface area contributed by atoms with Gasteiger partial charge in [0.1, 0.15) is 0 Å². The summed E-state index contributed by atoms with van der Waals surface area (Å²) in [4.78, 5) is 19.8. The summed E-state index contributed by atoms with van der Waals surface area (Å²) in [5.41, 5.74) is 1.41. The Morgan fingerprint density at radius 2 is 1.06 bits per heavy atom. The zero-order valence-electron chi connectivity index (χ0n) is 20.7. The maximum Gasteiger partial charge on any atom is 2.00 e. The first kappa shape index (κ1) is 38.0. The molecule has 0 atom stereocenters. The first-order valence-electron chi connectivity index (χ1n) is 11.5. The number of carbonyl (C=O) groups excluding carboxylic acids is 2. The smallest absolute Gasteiger partial charge is 0.550 e. The van der Waals surface area contributed by atoms with Crippen LogP contribution in [-0.4, -0.2) is 22.5 Å². The fourth-order valence-corrected chi connectivity index (χ4v) is 2.58. The zero-order valence-corrected chi connectivity index (χ0v) is 23.7. The molecule has 1 aromatic carbocycles. The number of carboxylic acid groups (broad SMARTS) is 2. The minimum absolute atomic E-state index is 0. The van der Waals surface area contributed by atoms with E-state index in [4.69, 9.17) is 10.5 Å². The number of carbonyl (C=O) groups is 2. The standard InChI is InChI=1S/C9H12.2C8H16O2.H2O2.Zn/c1-8(2)9-6-4-3-5-7-9;2*1-2-3-4-5-6-7-8(9)10;1-2;/h3-8H,1-2H3;2*2-7H2,1H3,(H,9,10);1-2H;/q;;;;+2/p-2. The summed E-state index contributed by atoms with van der Waals surface area (Å²) in [6.45, 7) is 8.68. The minimum atomic E-state index is -0.920. The summed E-state index contributed by atoms with van der Waals surface area (Å²) in [5, 5.41) is 31.8. The van der Waals surface area contributed by atoms with Crippen LogP contribution in [-0.2, 0) is 29.1 Å². The molecule has 0 heterocycles. The molecule has 32 heavy (non-hydrogen) atoms. The average molecular weight is 506 g/mol. The summed E-state index contributed by atoms with van der Waals surface area (Å²) >= 11 is 0. The van der Waals surface area contributed by atoms with Crippen molar-refractivity contribution >= 4 is 11.9 Å². The van der Waals surface area contributed by atoms with E-state index < -0.39 is 11.9 Å². The van der Waals surface area contributed by atoms with Crippen LogP contribution in [0.4, 0.5) is 0 Å². The summed E-state index contributed by atoms with van der Waals surface area (Å²) in [6, 6.07) is 10.5. The number of benzene rings is 1. The first-order valence-corrected chi connectivity index (χ1v) is 11.5. The van der Waals surface area contributed by atoms with E-state index in [0.717, 1.165) is 38.5 Å². The fraction of sp³-hybridized carbons (Fsp3) is 0.680. The number of rotatable bonds is 13. The molecule has 2 N–H and O–H groups in total. The maximum absolute atomic E-state index is 9.92. The van der Waals surface area contributed by atoms with Gasteiger partial charge in [0.05, 0.1) is 0 Å². The van der Waals surface area contributed by atoms with E-state index in [0.29, 0.717) is 5.92 Å². The van der Waals surface area contributed by atoms with Crippen LogP contribution >= 0.6 is 0 Å². The van der Waals surface area contributed by atoms with Crippen molar-refractivity contribution in [2.24, 2.45) is 0 Å². The van der Waals surface area contributed by atoms with Gasteiger partial charge in [0.15, 0.2) is 0 Å². The van der Waals surface area contributed by atoms with Crippen molar-refractivity contribution in [1.82, 2.24) is 0 Å². The van der Waals surface area contributed by atoms with Gasteiger partial charge in [0.2, 0.25) is 0 Å². The van der Waals surface area contributed by atoms with Gasteiger partial charge in [0, 0.05) is 11.9 Å². The molecule has 0 radical (unpaired) electrons. The van der Waals surface area contributed by atoms with Crippen molar-refractivity contribution < 1.29 is 49.8 Å². The van der Waals surface area contributed by atoms with Gasteiger partial charge in [-0.3, -0.25) is 10.5 Å². The summed E-state index contributed by atoms with van der Waals surface area (Å²) in [7, 11) is 0. The van der Waals surface area contributed by atoms with Crippen molar-refractivity contribution in [3.63, 3.8) is 0 Å². The number of carboxylic acids is 2. The summed E-state index contributed by atoms with van der Waals surface area (Å²) < 4.78 is 0. The Kier molecular flexibility index (Phi) is 37.9. The van der Waals surface area contributed by atoms with Crippen molar-refractivity contribution in [3.8, 4) is 0 Å². The molecule has 0 spiro atoms. The summed E-state index contributed by atoms with van der Waals surface area (Å²) in [6.07, 6.45) is 11.2. The Balaban J connectivity index is -0.000000174. The molecular weight excluding hydrogens is 462 g/mol. The Morgan fingerprint density at radius 3 is 1.31 bits per heavy atom. The fourth-order valence-electron chi connectivity index (χ4n) is 2.58. The molecular formula is C25H44O6Zn. The maximum atomic E-state index is 9.92. The monoisotopic (exact) mass is 504 g/mol. The molecule has 1 aromatic rings. The number of hydrogen-bond acceptors (Lipinski definition) is 6. The van der Waals surface area contributed by atoms with Crippen molar-refractivity contribution in [3.05, 3.63) is 35.9 Å². The van der Waals surface area contributed by atoms with Gasteiger partial charge >= 0.3 is 19.5 Å². The predicted molar refractivity (Wildman–Crippen MR) is 123 cm³/mol. The van der Waals surface area contributed by atoms with Crippen LogP contribution in [0.3, 0.4) is 0 Å². The molecule has 182 valence electrons. The topological polar surface area (TPSA) is 121 Å². The molecule has 0 unspecified atom stereocenters. The van der Waals surface area contributed by atoms with Gasteiger partial charge in [-0.05, 0) is 37.2 Å². The SMILES string of the molecule is CC(C)c1ccccc1.CCCCCCCC(=O)[O-].CCCCCCCC(=O)[O-].OO.[Zn+2]. The van der Waals surface area contributed by atoms with Crippen molar-refractivity contribution in [2.75, 3.05) is 0 Å². The van der Waals surface area contributed by atoms with E-state index >= 15 is 0 Å². The third kappa shape index (κ3) is 36.1. The second kappa shape index (κ2) is 31.9. The molecule has 0 amide bonds. The van der Waals surface area contributed by atoms with Gasteiger partial charge in [-0.1, -0.05) is 109 Å². The van der Waals surface area contributed by atoms with Crippen LogP contribution in [0.2, 0.25) is 0 Å². The molecule has 0 aromatic heterocycles. The van der Waals surface area contributed by atoms with Gasteiger partial charge in [-0.25, -0.2) is 0 Å². The molecule has 0 aliphatic heterocycles. The van der Waals surface area contributed by atoms with Crippen LogP contribution in [0.1, 0.15) is 116 Å².